The molecule has 0 bridgehead atoms. The maximum Gasteiger partial charge on any atom is 0.268 e. The van der Waals surface area contributed by atoms with Crippen LogP contribution in [-0.4, -0.2) is 15.5 Å². The summed E-state index contributed by atoms with van der Waals surface area (Å²) in [5, 5.41) is 0. The molecule has 0 atom stereocenters. The molecule has 1 aromatic carbocycles. The van der Waals surface area contributed by atoms with Gasteiger partial charge >= 0.3 is 0 Å². The van der Waals surface area contributed by atoms with E-state index in [1.165, 1.54) is 0 Å². The Morgan fingerprint density at radius 2 is 2.29 bits per heavy atom. The molecule has 0 radical (unpaired) electrons. The number of aromatic nitrogens is 2. The standard InChI is InChI=1S/C12H12BrN3O/c1-2-16-7-10(11(14)17)15-12(16)8-4-3-5-9(13)6-8/h3-7H,2H2,1H3,(H2,14,17). The fourth-order valence-corrected chi connectivity index (χ4v) is 2.03. The number of hydrogen-bond donors (Lipinski definition) is 1. The number of hydrogen-bond acceptors (Lipinski definition) is 2. The molecule has 0 saturated carbocycles. The molecule has 0 fully saturated rings. The first-order valence-corrected chi connectivity index (χ1v) is 6.04. The highest BCUT2D eigenvalue weighted by atomic mass is 79.9. The Morgan fingerprint density at radius 1 is 1.53 bits per heavy atom. The quantitative estimate of drug-likeness (QED) is 0.945. The normalized spacial score (nSPS) is 10.5. The molecule has 1 amide bonds. The van der Waals surface area contributed by atoms with Crippen molar-refractivity contribution in [3.05, 3.63) is 40.6 Å². The van der Waals surface area contributed by atoms with E-state index < -0.39 is 5.91 Å². The molecule has 0 aliphatic heterocycles. The van der Waals surface area contributed by atoms with Crippen molar-refractivity contribution in [1.29, 1.82) is 0 Å². The molecule has 2 N–H and O–H groups in total. The Balaban J connectivity index is 2.54. The van der Waals surface area contributed by atoms with Crippen molar-refractivity contribution in [2.45, 2.75) is 13.5 Å². The van der Waals surface area contributed by atoms with Crippen molar-refractivity contribution in [2.24, 2.45) is 5.73 Å². The second-order valence-electron chi connectivity index (χ2n) is 3.61. The van der Waals surface area contributed by atoms with Crippen molar-refractivity contribution < 1.29 is 4.79 Å². The highest BCUT2D eigenvalue weighted by molar-refractivity contribution is 9.10. The highest BCUT2D eigenvalue weighted by Gasteiger charge is 2.12. The van der Waals surface area contributed by atoms with Gasteiger partial charge in [-0.05, 0) is 19.1 Å². The summed E-state index contributed by atoms with van der Waals surface area (Å²) in [4.78, 5) is 15.4. The van der Waals surface area contributed by atoms with E-state index in [0.29, 0.717) is 5.69 Å². The van der Waals surface area contributed by atoms with Gasteiger partial charge in [-0.2, -0.15) is 0 Å². The third kappa shape index (κ3) is 2.39. The van der Waals surface area contributed by atoms with Gasteiger partial charge in [0, 0.05) is 22.8 Å². The van der Waals surface area contributed by atoms with E-state index >= 15 is 0 Å². The lowest BCUT2D eigenvalue weighted by molar-refractivity contribution is 0.0996. The number of carbonyl (C=O) groups is 1. The van der Waals surface area contributed by atoms with E-state index in [2.05, 4.69) is 20.9 Å². The number of rotatable bonds is 3. The number of halogens is 1. The van der Waals surface area contributed by atoms with E-state index in [1.807, 2.05) is 35.8 Å². The molecule has 0 aliphatic rings. The Kier molecular flexibility index (Phi) is 3.28. The van der Waals surface area contributed by atoms with Gasteiger partial charge in [0.2, 0.25) is 0 Å². The average Bonchev–Trinajstić information content (AvgIpc) is 2.73. The summed E-state index contributed by atoms with van der Waals surface area (Å²) in [7, 11) is 0. The van der Waals surface area contributed by atoms with Gasteiger partial charge in [-0.25, -0.2) is 4.98 Å². The summed E-state index contributed by atoms with van der Waals surface area (Å²) in [5.41, 5.74) is 6.48. The number of benzene rings is 1. The summed E-state index contributed by atoms with van der Waals surface area (Å²) in [6.07, 6.45) is 1.68. The summed E-state index contributed by atoms with van der Waals surface area (Å²) >= 11 is 3.41. The predicted molar refractivity (Wildman–Crippen MR) is 69.6 cm³/mol. The molecule has 0 saturated heterocycles. The smallest absolute Gasteiger partial charge is 0.268 e. The van der Waals surface area contributed by atoms with Crippen LogP contribution in [0.2, 0.25) is 0 Å². The lowest BCUT2D eigenvalue weighted by atomic mass is 10.2. The lowest BCUT2D eigenvalue weighted by Crippen LogP contribution is -2.11. The fourth-order valence-electron chi connectivity index (χ4n) is 1.63. The second kappa shape index (κ2) is 4.71. The largest absolute Gasteiger partial charge is 0.364 e. The third-order valence-electron chi connectivity index (χ3n) is 2.45. The van der Waals surface area contributed by atoms with E-state index in [-0.39, 0.29) is 0 Å². The summed E-state index contributed by atoms with van der Waals surface area (Å²) < 4.78 is 2.88. The first kappa shape index (κ1) is 11.9. The van der Waals surface area contributed by atoms with E-state index in [1.54, 1.807) is 6.20 Å². The minimum atomic E-state index is -0.506. The molecule has 0 unspecified atom stereocenters. The minimum absolute atomic E-state index is 0.293. The maximum absolute atomic E-state index is 11.1. The summed E-state index contributed by atoms with van der Waals surface area (Å²) in [5.74, 6) is 0.246. The van der Waals surface area contributed by atoms with E-state index in [0.717, 1.165) is 22.4 Å². The minimum Gasteiger partial charge on any atom is -0.364 e. The van der Waals surface area contributed by atoms with Gasteiger partial charge in [-0.1, -0.05) is 28.1 Å². The van der Waals surface area contributed by atoms with Gasteiger partial charge in [-0.3, -0.25) is 4.79 Å². The van der Waals surface area contributed by atoms with Crippen LogP contribution in [0.25, 0.3) is 11.4 Å². The van der Waals surface area contributed by atoms with Gasteiger partial charge in [0.1, 0.15) is 11.5 Å². The van der Waals surface area contributed by atoms with E-state index in [9.17, 15) is 4.79 Å². The van der Waals surface area contributed by atoms with Crippen LogP contribution in [0.4, 0.5) is 0 Å². The molecule has 2 aromatic rings. The van der Waals surface area contributed by atoms with Crippen molar-refractivity contribution in [3.8, 4) is 11.4 Å². The van der Waals surface area contributed by atoms with Crippen molar-refractivity contribution in [3.63, 3.8) is 0 Å². The maximum atomic E-state index is 11.1. The van der Waals surface area contributed by atoms with Crippen molar-refractivity contribution >= 4 is 21.8 Å². The fraction of sp³-hybridized carbons (Fsp3) is 0.167. The van der Waals surface area contributed by atoms with Crippen LogP contribution in [0.5, 0.6) is 0 Å². The number of nitrogens with two attached hydrogens (primary N) is 1. The molecule has 4 nitrogen and oxygen atoms in total. The van der Waals surface area contributed by atoms with Crippen molar-refractivity contribution in [1.82, 2.24) is 9.55 Å². The van der Waals surface area contributed by atoms with Crippen LogP contribution in [0.1, 0.15) is 17.4 Å². The van der Waals surface area contributed by atoms with Gasteiger partial charge in [0.25, 0.3) is 5.91 Å². The molecule has 2 rings (SSSR count). The van der Waals surface area contributed by atoms with Crippen LogP contribution in [0, 0.1) is 0 Å². The zero-order chi connectivity index (χ0) is 12.4. The van der Waals surface area contributed by atoms with Gasteiger partial charge < -0.3 is 10.3 Å². The Morgan fingerprint density at radius 3 is 2.88 bits per heavy atom. The average molecular weight is 294 g/mol. The van der Waals surface area contributed by atoms with Gasteiger partial charge in [0.15, 0.2) is 0 Å². The third-order valence-corrected chi connectivity index (χ3v) is 2.95. The molecule has 17 heavy (non-hydrogen) atoms. The predicted octanol–water partition coefficient (Wildman–Crippen LogP) is 2.43. The Labute approximate surface area is 108 Å². The molecular formula is C12H12BrN3O. The first-order chi connectivity index (χ1) is 8.11. The highest BCUT2D eigenvalue weighted by Crippen LogP contribution is 2.22. The lowest BCUT2D eigenvalue weighted by Gasteiger charge is -2.04. The number of imidazole rings is 1. The zero-order valence-corrected chi connectivity index (χ0v) is 10.9. The van der Waals surface area contributed by atoms with E-state index in [4.69, 9.17) is 5.73 Å². The topological polar surface area (TPSA) is 60.9 Å². The molecule has 1 heterocycles. The first-order valence-electron chi connectivity index (χ1n) is 5.24. The Bertz CT molecular complexity index is 563. The van der Waals surface area contributed by atoms with Crippen LogP contribution in [-0.2, 0) is 6.54 Å². The molecule has 5 heteroatoms. The molecule has 1 aromatic heterocycles. The SMILES string of the molecule is CCn1cc(C(N)=O)nc1-c1cccc(Br)c1. The van der Waals surface area contributed by atoms with Gasteiger partial charge in [-0.15, -0.1) is 0 Å². The van der Waals surface area contributed by atoms with Crippen LogP contribution in [0.15, 0.2) is 34.9 Å². The molecule has 0 spiro atoms. The second-order valence-corrected chi connectivity index (χ2v) is 4.53. The van der Waals surface area contributed by atoms with Crippen molar-refractivity contribution in [2.75, 3.05) is 0 Å². The summed E-state index contributed by atoms with van der Waals surface area (Å²) in [6, 6.07) is 7.78. The monoisotopic (exact) mass is 293 g/mol. The number of amides is 1. The van der Waals surface area contributed by atoms with Crippen LogP contribution in [0.3, 0.4) is 0 Å². The number of primary amides is 1. The number of carbonyl (C=O) groups excluding carboxylic acids is 1. The van der Waals surface area contributed by atoms with Crippen LogP contribution >= 0.6 is 15.9 Å². The molecular weight excluding hydrogens is 282 g/mol. The number of nitrogens with zero attached hydrogens (tertiary/aromatic N) is 2. The zero-order valence-electron chi connectivity index (χ0n) is 9.35. The summed E-state index contributed by atoms with van der Waals surface area (Å²) in [6.45, 7) is 2.73. The van der Waals surface area contributed by atoms with Gasteiger partial charge in [0.05, 0.1) is 0 Å². The molecule has 88 valence electrons. The van der Waals surface area contributed by atoms with Crippen LogP contribution < -0.4 is 5.73 Å². The number of aryl methyl sites for hydroxylation is 1. The molecule has 0 aliphatic carbocycles. The Hall–Kier alpha value is -1.62.